The molecule has 3 rings (SSSR count). The van der Waals surface area contributed by atoms with Crippen LogP contribution in [0.15, 0.2) is 48.8 Å². The maximum absolute atomic E-state index is 12.2. The van der Waals surface area contributed by atoms with Crippen molar-refractivity contribution >= 4 is 28.8 Å². The van der Waals surface area contributed by atoms with Gasteiger partial charge in [-0.2, -0.15) is 0 Å². The highest BCUT2D eigenvalue weighted by Gasteiger charge is 2.13. The molecule has 4 nitrogen and oxygen atoms in total. The van der Waals surface area contributed by atoms with Gasteiger partial charge in [0.05, 0.1) is 12.1 Å². The molecule has 1 amide bonds. The molecule has 2 aromatic heterocycles. The second-order valence-electron chi connectivity index (χ2n) is 5.31. The zero-order valence-corrected chi connectivity index (χ0v) is 14.7. The van der Waals surface area contributed by atoms with Crippen LogP contribution in [0.2, 0.25) is 5.02 Å². The van der Waals surface area contributed by atoms with Gasteiger partial charge in [0.1, 0.15) is 5.01 Å². The van der Waals surface area contributed by atoms with Gasteiger partial charge in [-0.1, -0.05) is 29.8 Å². The quantitative estimate of drug-likeness (QED) is 0.750. The summed E-state index contributed by atoms with van der Waals surface area (Å²) in [6, 6.07) is 11.3. The average Bonchev–Trinajstić information content (AvgIpc) is 2.96. The lowest BCUT2D eigenvalue weighted by Gasteiger charge is -2.06. The third-order valence-electron chi connectivity index (χ3n) is 3.56. The van der Waals surface area contributed by atoms with Crippen LogP contribution in [0.3, 0.4) is 0 Å². The molecule has 0 fully saturated rings. The van der Waals surface area contributed by atoms with E-state index < -0.39 is 0 Å². The normalized spacial score (nSPS) is 10.6. The summed E-state index contributed by atoms with van der Waals surface area (Å²) >= 11 is 7.63. The van der Waals surface area contributed by atoms with Crippen molar-refractivity contribution in [3.63, 3.8) is 0 Å². The minimum Gasteiger partial charge on any atom is -0.352 e. The molecule has 2 heterocycles. The number of carbonyl (C=O) groups excluding carboxylic acids is 1. The maximum atomic E-state index is 12.2. The molecule has 122 valence electrons. The molecule has 1 N–H and O–H groups in total. The molecule has 24 heavy (non-hydrogen) atoms. The van der Waals surface area contributed by atoms with Crippen molar-refractivity contribution in [3.8, 4) is 10.6 Å². The first-order valence-corrected chi connectivity index (χ1v) is 8.70. The number of nitrogens with zero attached hydrogens (tertiary/aromatic N) is 2. The Labute approximate surface area is 149 Å². The van der Waals surface area contributed by atoms with Crippen LogP contribution in [0, 0.1) is 6.92 Å². The van der Waals surface area contributed by atoms with Crippen LogP contribution in [0.5, 0.6) is 0 Å². The molecule has 3 aromatic rings. The molecular formula is C18H16ClN3OS. The third kappa shape index (κ3) is 3.99. The smallest absolute Gasteiger partial charge is 0.225 e. The highest BCUT2D eigenvalue weighted by molar-refractivity contribution is 7.15. The highest BCUT2D eigenvalue weighted by Crippen LogP contribution is 2.27. The molecule has 0 aliphatic carbocycles. The first-order chi connectivity index (χ1) is 11.6. The summed E-state index contributed by atoms with van der Waals surface area (Å²) in [5.41, 5.74) is 2.75. The number of rotatable bonds is 5. The van der Waals surface area contributed by atoms with Crippen LogP contribution in [-0.4, -0.2) is 15.9 Å². The van der Waals surface area contributed by atoms with Crippen LogP contribution in [0.4, 0.5) is 0 Å². The molecule has 1 aromatic carbocycles. The number of halogens is 1. The first-order valence-electron chi connectivity index (χ1n) is 7.50. The lowest BCUT2D eigenvalue weighted by molar-refractivity contribution is -0.120. The number of aryl methyl sites for hydroxylation is 1. The maximum Gasteiger partial charge on any atom is 0.225 e. The fraction of sp³-hybridized carbons (Fsp3) is 0.167. The lowest BCUT2D eigenvalue weighted by atomic mass is 10.2. The first kappa shape index (κ1) is 16.6. The summed E-state index contributed by atoms with van der Waals surface area (Å²) in [6.45, 7) is 2.35. The highest BCUT2D eigenvalue weighted by atomic mass is 35.5. The van der Waals surface area contributed by atoms with Gasteiger partial charge in [-0.15, -0.1) is 11.3 Å². The van der Waals surface area contributed by atoms with Crippen LogP contribution < -0.4 is 5.32 Å². The molecule has 6 heteroatoms. The van der Waals surface area contributed by atoms with Crippen molar-refractivity contribution in [1.82, 2.24) is 15.3 Å². The number of hydrogen-bond donors (Lipinski definition) is 1. The van der Waals surface area contributed by atoms with Crippen LogP contribution in [0.25, 0.3) is 10.6 Å². The van der Waals surface area contributed by atoms with Crippen molar-refractivity contribution in [2.75, 3.05) is 0 Å². The van der Waals surface area contributed by atoms with Crippen molar-refractivity contribution in [2.24, 2.45) is 0 Å². The number of aromatic nitrogens is 2. The number of thiazole rings is 1. The van der Waals surface area contributed by atoms with Gasteiger partial charge in [-0.05, 0) is 30.7 Å². The Bertz CT molecular complexity index is 848. The van der Waals surface area contributed by atoms with Crippen LogP contribution >= 0.6 is 22.9 Å². The van der Waals surface area contributed by atoms with E-state index in [2.05, 4.69) is 15.3 Å². The molecule has 0 unspecified atom stereocenters. The SMILES string of the molecule is Cc1nc(-c2cccnc2)sc1CC(=O)NCc1ccccc1Cl. The van der Waals surface area contributed by atoms with E-state index in [0.717, 1.165) is 26.7 Å². The number of benzene rings is 1. The van der Waals surface area contributed by atoms with Gasteiger partial charge in [0.15, 0.2) is 0 Å². The van der Waals surface area contributed by atoms with E-state index in [-0.39, 0.29) is 5.91 Å². The summed E-state index contributed by atoms with van der Waals surface area (Å²) in [5, 5.41) is 4.45. The van der Waals surface area contributed by atoms with E-state index >= 15 is 0 Å². The molecule has 0 aliphatic rings. The molecular weight excluding hydrogens is 342 g/mol. The standard InChI is InChI=1S/C18H16ClN3OS/c1-12-16(24-18(22-12)14-6-4-8-20-10-14)9-17(23)21-11-13-5-2-3-7-15(13)19/h2-8,10H,9,11H2,1H3,(H,21,23). The summed E-state index contributed by atoms with van der Waals surface area (Å²) < 4.78 is 0. The molecule has 0 bridgehead atoms. The van der Waals surface area contributed by atoms with Crippen molar-refractivity contribution in [2.45, 2.75) is 19.9 Å². The summed E-state index contributed by atoms with van der Waals surface area (Å²) in [5.74, 6) is -0.0422. The fourth-order valence-electron chi connectivity index (χ4n) is 2.25. The largest absolute Gasteiger partial charge is 0.352 e. The van der Waals surface area contributed by atoms with E-state index in [4.69, 9.17) is 11.6 Å². The van der Waals surface area contributed by atoms with E-state index in [9.17, 15) is 4.79 Å². The molecule has 0 radical (unpaired) electrons. The zero-order chi connectivity index (χ0) is 16.9. The second kappa shape index (κ2) is 7.55. The Morgan fingerprint density at radius 3 is 2.83 bits per heavy atom. The van der Waals surface area contributed by atoms with Gasteiger partial charge in [-0.3, -0.25) is 9.78 Å². The van der Waals surface area contributed by atoms with Crippen molar-refractivity contribution in [1.29, 1.82) is 0 Å². The molecule has 0 aliphatic heterocycles. The Balaban J connectivity index is 1.65. The van der Waals surface area contributed by atoms with Gasteiger partial charge >= 0.3 is 0 Å². The Morgan fingerprint density at radius 1 is 1.25 bits per heavy atom. The summed E-state index contributed by atoms with van der Waals surface area (Å²) in [7, 11) is 0. The summed E-state index contributed by atoms with van der Waals surface area (Å²) in [6.07, 6.45) is 3.82. The lowest BCUT2D eigenvalue weighted by Crippen LogP contribution is -2.24. The fourth-order valence-corrected chi connectivity index (χ4v) is 3.50. The zero-order valence-electron chi connectivity index (χ0n) is 13.1. The number of amides is 1. The van der Waals surface area contributed by atoms with Crippen LogP contribution in [-0.2, 0) is 17.8 Å². The van der Waals surface area contributed by atoms with E-state index in [0.29, 0.717) is 18.0 Å². The topological polar surface area (TPSA) is 54.9 Å². The molecule has 0 atom stereocenters. The van der Waals surface area contributed by atoms with Gasteiger partial charge in [0, 0.05) is 34.4 Å². The van der Waals surface area contributed by atoms with E-state index in [1.165, 1.54) is 11.3 Å². The number of nitrogens with one attached hydrogen (secondary N) is 1. The van der Waals surface area contributed by atoms with E-state index in [1.807, 2.05) is 43.3 Å². The minimum atomic E-state index is -0.0422. The Hall–Kier alpha value is -2.24. The number of hydrogen-bond acceptors (Lipinski definition) is 4. The van der Waals surface area contributed by atoms with Gasteiger partial charge in [-0.25, -0.2) is 4.98 Å². The Kier molecular flexibility index (Phi) is 5.23. The predicted molar refractivity (Wildman–Crippen MR) is 97.1 cm³/mol. The molecule has 0 saturated heterocycles. The van der Waals surface area contributed by atoms with Gasteiger partial charge in [0.2, 0.25) is 5.91 Å². The molecule has 0 saturated carbocycles. The predicted octanol–water partition coefficient (Wildman–Crippen LogP) is 4.03. The average molecular weight is 358 g/mol. The number of carbonyl (C=O) groups is 1. The van der Waals surface area contributed by atoms with Gasteiger partial charge < -0.3 is 5.32 Å². The Morgan fingerprint density at radius 2 is 2.08 bits per heavy atom. The number of pyridine rings is 1. The van der Waals surface area contributed by atoms with Crippen molar-refractivity contribution in [3.05, 3.63) is 69.9 Å². The van der Waals surface area contributed by atoms with Gasteiger partial charge in [0.25, 0.3) is 0 Å². The van der Waals surface area contributed by atoms with Crippen molar-refractivity contribution < 1.29 is 4.79 Å². The summed E-state index contributed by atoms with van der Waals surface area (Å²) in [4.78, 5) is 21.8. The van der Waals surface area contributed by atoms with Crippen LogP contribution in [0.1, 0.15) is 16.1 Å². The third-order valence-corrected chi connectivity index (χ3v) is 5.13. The van der Waals surface area contributed by atoms with E-state index in [1.54, 1.807) is 12.4 Å². The molecule has 0 spiro atoms. The minimum absolute atomic E-state index is 0.0422. The second-order valence-corrected chi connectivity index (χ2v) is 6.81. The monoisotopic (exact) mass is 357 g/mol.